The number of carbonyl (C=O) groups is 1. The van der Waals surface area contributed by atoms with Gasteiger partial charge in [0.1, 0.15) is 12.4 Å². The van der Waals surface area contributed by atoms with E-state index in [2.05, 4.69) is 60.5 Å². The molecule has 0 saturated carbocycles. The van der Waals surface area contributed by atoms with Crippen LogP contribution in [0.5, 0.6) is 0 Å². The minimum Gasteiger partial charge on any atom is -0.444 e. The number of benzene rings is 2. The van der Waals surface area contributed by atoms with Crippen LogP contribution in [0.2, 0.25) is 0 Å². The highest BCUT2D eigenvalue weighted by atomic mass is 16.5. The summed E-state index contributed by atoms with van der Waals surface area (Å²) in [7, 11) is 2.14. The van der Waals surface area contributed by atoms with Gasteiger partial charge >= 0.3 is 6.09 Å². The average molecular weight is 494 g/mol. The van der Waals surface area contributed by atoms with E-state index in [4.69, 9.17) is 11.2 Å². The molecule has 186 valence electrons. The molecule has 2 aromatic heterocycles. The smallest absolute Gasteiger partial charge is 0.413 e. The number of nitrogens with one attached hydrogen (secondary N) is 2. The fraction of sp³-hybridized carbons (Fsp3) is 0.214. The van der Waals surface area contributed by atoms with Crippen LogP contribution in [0.1, 0.15) is 11.1 Å². The number of carbonyl (C=O) groups excluding carboxylic acids is 1. The predicted molar refractivity (Wildman–Crippen MR) is 145 cm³/mol. The van der Waals surface area contributed by atoms with Gasteiger partial charge in [-0.05, 0) is 42.9 Å². The lowest BCUT2D eigenvalue weighted by Gasteiger charge is -2.34. The molecule has 9 nitrogen and oxygen atoms in total. The van der Waals surface area contributed by atoms with Gasteiger partial charge in [-0.15, -0.1) is 6.42 Å². The quantitative estimate of drug-likeness (QED) is 0.385. The SMILES string of the molecule is C#Cc1cc(NC(=O)OCc2ccccc2)nc2nc(Nc3ccc(N4CCN(C)CC4)cc3)ncc12. The number of fused-ring (bicyclic) bond motifs is 1. The van der Waals surface area contributed by atoms with Gasteiger partial charge in [0, 0.05) is 49.3 Å². The van der Waals surface area contributed by atoms with Gasteiger partial charge in [0.2, 0.25) is 5.95 Å². The standard InChI is InChI=1S/C28H27N7O2/c1-3-21-17-25(32-28(36)37-19-20-7-5-4-6-8-20)31-26-24(21)18-29-27(33-26)30-22-9-11-23(12-10-22)35-15-13-34(2)14-16-35/h1,4-12,17-18H,13-16,19H2,2H3,(H2,29,30,31,32,33,36). The zero-order chi connectivity index (χ0) is 25.6. The fourth-order valence-corrected chi connectivity index (χ4v) is 4.07. The Morgan fingerprint density at radius 3 is 2.54 bits per heavy atom. The van der Waals surface area contributed by atoms with Gasteiger partial charge in [0.15, 0.2) is 5.65 Å². The van der Waals surface area contributed by atoms with Crippen molar-refractivity contribution in [3.63, 3.8) is 0 Å². The molecule has 0 atom stereocenters. The minimum atomic E-state index is -0.633. The van der Waals surface area contributed by atoms with E-state index < -0.39 is 6.09 Å². The molecule has 0 aliphatic carbocycles. The first-order valence-electron chi connectivity index (χ1n) is 12.0. The summed E-state index contributed by atoms with van der Waals surface area (Å²) in [5.41, 5.74) is 3.81. The molecular formula is C28H27N7O2. The van der Waals surface area contributed by atoms with E-state index in [9.17, 15) is 4.79 Å². The van der Waals surface area contributed by atoms with E-state index in [-0.39, 0.29) is 12.4 Å². The second-order valence-electron chi connectivity index (χ2n) is 8.78. The molecule has 1 fully saturated rings. The molecule has 0 bridgehead atoms. The molecule has 37 heavy (non-hydrogen) atoms. The fourth-order valence-electron chi connectivity index (χ4n) is 4.07. The number of likely N-dealkylation sites (N-methyl/N-ethyl adjacent to an activating group) is 1. The second kappa shape index (κ2) is 10.9. The van der Waals surface area contributed by atoms with E-state index in [0.717, 1.165) is 37.4 Å². The van der Waals surface area contributed by atoms with E-state index in [0.29, 0.717) is 22.5 Å². The van der Waals surface area contributed by atoms with Crippen molar-refractivity contribution in [2.75, 3.05) is 48.8 Å². The summed E-state index contributed by atoms with van der Waals surface area (Å²) in [4.78, 5) is 30.4. The highest BCUT2D eigenvalue weighted by Crippen LogP contribution is 2.23. The normalized spacial score (nSPS) is 13.7. The number of piperazine rings is 1. The zero-order valence-electron chi connectivity index (χ0n) is 20.5. The van der Waals surface area contributed by atoms with Crippen LogP contribution in [-0.2, 0) is 11.3 Å². The third-order valence-corrected chi connectivity index (χ3v) is 6.16. The maximum absolute atomic E-state index is 12.3. The number of amides is 1. The van der Waals surface area contributed by atoms with Crippen LogP contribution in [0.4, 0.5) is 27.9 Å². The Morgan fingerprint density at radius 2 is 1.81 bits per heavy atom. The summed E-state index contributed by atoms with van der Waals surface area (Å²) >= 11 is 0. The molecule has 2 N–H and O–H groups in total. The van der Waals surface area contributed by atoms with Gasteiger partial charge in [-0.3, -0.25) is 5.32 Å². The summed E-state index contributed by atoms with van der Waals surface area (Å²) in [5, 5.41) is 6.46. The molecule has 0 spiro atoms. The first-order valence-corrected chi connectivity index (χ1v) is 12.0. The van der Waals surface area contributed by atoms with E-state index in [1.54, 1.807) is 12.3 Å². The van der Waals surface area contributed by atoms with E-state index >= 15 is 0 Å². The number of rotatable bonds is 6. The number of anilines is 4. The van der Waals surface area contributed by atoms with Gasteiger partial charge in [-0.25, -0.2) is 14.8 Å². The Morgan fingerprint density at radius 1 is 1.05 bits per heavy atom. The van der Waals surface area contributed by atoms with Crippen LogP contribution < -0.4 is 15.5 Å². The van der Waals surface area contributed by atoms with Crippen molar-refractivity contribution in [2.45, 2.75) is 6.61 Å². The number of hydrogen-bond donors (Lipinski definition) is 2. The second-order valence-corrected chi connectivity index (χ2v) is 8.78. The highest BCUT2D eigenvalue weighted by Gasteiger charge is 2.15. The molecule has 3 heterocycles. The Hall–Kier alpha value is -4.68. The monoisotopic (exact) mass is 493 g/mol. The molecule has 1 aliphatic heterocycles. The number of aromatic nitrogens is 3. The van der Waals surface area contributed by atoms with Gasteiger partial charge < -0.3 is 19.9 Å². The van der Waals surface area contributed by atoms with Crippen molar-refractivity contribution in [2.24, 2.45) is 0 Å². The first kappa shape index (κ1) is 24.0. The van der Waals surface area contributed by atoms with Crippen LogP contribution in [0.3, 0.4) is 0 Å². The summed E-state index contributed by atoms with van der Waals surface area (Å²) < 4.78 is 5.29. The topological polar surface area (TPSA) is 95.5 Å². The summed E-state index contributed by atoms with van der Waals surface area (Å²) in [5.74, 6) is 3.23. The predicted octanol–water partition coefficient (Wildman–Crippen LogP) is 4.25. The van der Waals surface area contributed by atoms with Crippen molar-refractivity contribution >= 4 is 40.3 Å². The molecule has 0 radical (unpaired) electrons. The molecule has 5 rings (SSSR count). The molecule has 1 saturated heterocycles. The summed E-state index contributed by atoms with van der Waals surface area (Å²) in [6, 6.07) is 19.2. The Bertz CT molecular complexity index is 1430. The third-order valence-electron chi connectivity index (χ3n) is 6.16. The Kier molecular flexibility index (Phi) is 7.10. The summed E-state index contributed by atoms with van der Waals surface area (Å²) in [6.07, 6.45) is 6.69. The Balaban J connectivity index is 1.28. The molecular weight excluding hydrogens is 466 g/mol. The lowest BCUT2D eigenvalue weighted by atomic mass is 10.2. The number of terminal acetylenes is 1. The number of pyridine rings is 1. The number of hydrogen-bond acceptors (Lipinski definition) is 8. The van der Waals surface area contributed by atoms with Gasteiger partial charge in [-0.1, -0.05) is 36.3 Å². The average Bonchev–Trinajstić information content (AvgIpc) is 2.93. The lowest BCUT2D eigenvalue weighted by Crippen LogP contribution is -2.44. The zero-order valence-corrected chi connectivity index (χ0v) is 20.5. The van der Waals surface area contributed by atoms with Crippen molar-refractivity contribution in [1.82, 2.24) is 19.9 Å². The molecule has 1 amide bonds. The maximum atomic E-state index is 12.3. The van der Waals surface area contributed by atoms with Crippen molar-refractivity contribution < 1.29 is 9.53 Å². The number of ether oxygens (including phenoxy) is 1. The first-order chi connectivity index (χ1) is 18.1. The van der Waals surface area contributed by atoms with Crippen molar-refractivity contribution in [3.05, 3.63) is 78.0 Å². The van der Waals surface area contributed by atoms with Crippen LogP contribution in [0, 0.1) is 12.3 Å². The van der Waals surface area contributed by atoms with Crippen LogP contribution >= 0.6 is 0 Å². The Labute approximate surface area is 215 Å². The maximum Gasteiger partial charge on any atom is 0.413 e. The molecule has 0 unspecified atom stereocenters. The van der Waals surface area contributed by atoms with Crippen molar-refractivity contribution in [1.29, 1.82) is 0 Å². The van der Waals surface area contributed by atoms with E-state index in [1.807, 2.05) is 42.5 Å². The third kappa shape index (κ3) is 5.94. The van der Waals surface area contributed by atoms with Crippen LogP contribution in [-0.4, -0.2) is 59.2 Å². The number of nitrogens with zero attached hydrogens (tertiary/aromatic N) is 5. The molecule has 2 aromatic carbocycles. The van der Waals surface area contributed by atoms with Gasteiger partial charge in [-0.2, -0.15) is 4.98 Å². The summed E-state index contributed by atoms with van der Waals surface area (Å²) in [6.45, 7) is 4.28. The minimum absolute atomic E-state index is 0.145. The van der Waals surface area contributed by atoms with E-state index in [1.165, 1.54) is 5.69 Å². The largest absolute Gasteiger partial charge is 0.444 e. The molecule has 9 heteroatoms. The molecule has 4 aromatic rings. The molecule has 1 aliphatic rings. The highest BCUT2D eigenvalue weighted by molar-refractivity contribution is 5.89. The van der Waals surface area contributed by atoms with Crippen LogP contribution in [0.25, 0.3) is 11.0 Å². The van der Waals surface area contributed by atoms with Gasteiger partial charge in [0.05, 0.1) is 5.39 Å². The van der Waals surface area contributed by atoms with Gasteiger partial charge in [0.25, 0.3) is 0 Å². The van der Waals surface area contributed by atoms with Crippen molar-refractivity contribution in [3.8, 4) is 12.3 Å². The lowest BCUT2D eigenvalue weighted by molar-refractivity contribution is 0.155. The van der Waals surface area contributed by atoms with Crippen LogP contribution in [0.15, 0.2) is 66.9 Å².